The summed E-state index contributed by atoms with van der Waals surface area (Å²) in [7, 11) is 0. The highest BCUT2D eigenvalue weighted by molar-refractivity contribution is 5.95. The summed E-state index contributed by atoms with van der Waals surface area (Å²) in [6.45, 7) is 3.32. The Morgan fingerprint density at radius 2 is 1.73 bits per heavy atom. The van der Waals surface area contributed by atoms with Crippen molar-refractivity contribution < 1.29 is 9.59 Å². The minimum atomic E-state index is -0.0900. The maximum Gasteiger partial charge on any atom is 0.228 e. The van der Waals surface area contributed by atoms with Crippen molar-refractivity contribution >= 4 is 17.6 Å². The lowest BCUT2D eigenvalue weighted by atomic mass is 9.87. The van der Waals surface area contributed by atoms with Crippen molar-refractivity contribution in [3.8, 4) is 0 Å². The molecule has 0 spiro atoms. The molecule has 3 heterocycles. The van der Waals surface area contributed by atoms with Gasteiger partial charge in [0.05, 0.1) is 12.6 Å². The highest BCUT2D eigenvalue weighted by Gasteiger charge is 2.36. The first kappa shape index (κ1) is 22.1. The largest absolute Gasteiger partial charge is 0.332 e. The normalized spacial score (nSPS) is 21.7. The summed E-state index contributed by atoms with van der Waals surface area (Å²) >= 11 is 0. The van der Waals surface area contributed by atoms with Crippen LogP contribution < -0.4 is 4.90 Å². The molecule has 0 bridgehead atoms. The summed E-state index contributed by atoms with van der Waals surface area (Å²) in [4.78, 5) is 40.2. The number of fused-ring (bicyclic) bond motifs is 1. The fourth-order valence-electron chi connectivity index (χ4n) is 5.73. The number of nitrogens with zero attached hydrogens (tertiary/aromatic N) is 4. The zero-order chi connectivity index (χ0) is 22.8. The van der Waals surface area contributed by atoms with E-state index in [2.05, 4.69) is 4.90 Å². The Morgan fingerprint density at radius 1 is 0.970 bits per heavy atom. The zero-order valence-corrected chi connectivity index (χ0v) is 19.6. The Morgan fingerprint density at radius 3 is 2.52 bits per heavy atom. The number of carbonyl (C=O) groups is 2. The van der Waals surface area contributed by atoms with Crippen molar-refractivity contribution in [1.82, 2.24) is 14.9 Å². The quantitative estimate of drug-likeness (QED) is 0.670. The lowest BCUT2D eigenvalue weighted by Crippen LogP contribution is -2.43. The maximum atomic E-state index is 13.5. The predicted molar refractivity (Wildman–Crippen MR) is 128 cm³/mol. The van der Waals surface area contributed by atoms with Gasteiger partial charge in [0.15, 0.2) is 5.82 Å². The Kier molecular flexibility index (Phi) is 6.43. The fraction of sp³-hybridized carbons (Fsp3) is 0.556. The third kappa shape index (κ3) is 4.53. The van der Waals surface area contributed by atoms with Crippen LogP contribution in [0.3, 0.4) is 0 Å². The van der Waals surface area contributed by atoms with Gasteiger partial charge in [0.1, 0.15) is 5.82 Å². The molecule has 5 rings (SSSR count). The second-order valence-electron chi connectivity index (χ2n) is 9.81. The number of benzene rings is 1. The van der Waals surface area contributed by atoms with Crippen molar-refractivity contribution in [1.29, 1.82) is 0 Å². The number of anilines is 1. The molecule has 6 heteroatoms. The van der Waals surface area contributed by atoms with E-state index in [1.807, 2.05) is 42.2 Å². The van der Waals surface area contributed by atoms with Crippen molar-refractivity contribution in [2.24, 2.45) is 5.92 Å². The number of hydrogen-bond donors (Lipinski definition) is 0. The number of rotatable bonds is 4. The number of hydrogen-bond acceptors (Lipinski definition) is 4. The molecule has 33 heavy (non-hydrogen) atoms. The van der Waals surface area contributed by atoms with Crippen LogP contribution in [0.4, 0.5) is 5.82 Å². The Labute approximate surface area is 196 Å². The van der Waals surface area contributed by atoms with E-state index < -0.39 is 0 Å². The van der Waals surface area contributed by atoms with E-state index in [4.69, 9.17) is 9.97 Å². The van der Waals surface area contributed by atoms with Crippen LogP contribution in [0.2, 0.25) is 0 Å². The van der Waals surface area contributed by atoms with E-state index in [0.717, 1.165) is 74.1 Å². The van der Waals surface area contributed by atoms with Gasteiger partial charge in [0.2, 0.25) is 11.8 Å². The monoisotopic (exact) mass is 446 g/mol. The molecule has 3 aliphatic rings. The van der Waals surface area contributed by atoms with Crippen LogP contribution in [-0.4, -0.2) is 33.2 Å². The summed E-state index contributed by atoms with van der Waals surface area (Å²) in [5, 5.41) is 0. The molecule has 0 N–H and O–H groups in total. The molecule has 1 aromatic heterocycles. The number of amides is 2. The van der Waals surface area contributed by atoms with Gasteiger partial charge in [-0.25, -0.2) is 9.97 Å². The van der Waals surface area contributed by atoms with Gasteiger partial charge >= 0.3 is 0 Å². The molecule has 1 aromatic carbocycles. The van der Waals surface area contributed by atoms with Gasteiger partial charge in [-0.15, -0.1) is 0 Å². The lowest BCUT2D eigenvalue weighted by molar-refractivity contribution is -0.140. The number of piperidine rings is 1. The van der Waals surface area contributed by atoms with E-state index in [-0.39, 0.29) is 23.8 Å². The van der Waals surface area contributed by atoms with Crippen molar-refractivity contribution in [2.75, 3.05) is 11.4 Å². The van der Waals surface area contributed by atoms with Crippen LogP contribution in [-0.2, 0) is 22.6 Å². The van der Waals surface area contributed by atoms with E-state index in [0.29, 0.717) is 25.2 Å². The van der Waals surface area contributed by atoms with Crippen LogP contribution >= 0.6 is 0 Å². The third-order valence-corrected chi connectivity index (χ3v) is 7.58. The van der Waals surface area contributed by atoms with E-state index in [9.17, 15) is 9.59 Å². The highest BCUT2D eigenvalue weighted by atomic mass is 16.2. The molecule has 1 saturated carbocycles. The third-order valence-electron chi connectivity index (χ3n) is 7.58. The number of carbonyl (C=O) groups excluding carboxylic acids is 2. The highest BCUT2D eigenvalue weighted by Crippen LogP contribution is 2.36. The van der Waals surface area contributed by atoms with Crippen LogP contribution in [0.5, 0.6) is 0 Å². The average Bonchev–Trinajstić information content (AvgIpc) is 2.86. The molecule has 2 fully saturated rings. The predicted octanol–water partition coefficient (Wildman–Crippen LogP) is 4.90. The lowest BCUT2D eigenvalue weighted by Gasteiger charge is -2.38. The minimum Gasteiger partial charge on any atom is -0.332 e. The SMILES string of the molecule is Cc1nc([C@@H]2CCCCN2C(=O)C2CCCCC2)nc2c1CCC(=O)N2Cc1ccccc1. The Hall–Kier alpha value is -2.76. The second kappa shape index (κ2) is 9.62. The first-order chi connectivity index (χ1) is 16.1. The number of aryl methyl sites for hydroxylation is 1. The minimum absolute atomic E-state index is 0.0900. The van der Waals surface area contributed by atoms with Gasteiger partial charge in [-0.3, -0.25) is 14.5 Å². The molecule has 1 aliphatic carbocycles. The first-order valence-electron chi connectivity index (χ1n) is 12.6. The zero-order valence-electron chi connectivity index (χ0n) is 19.6. The maximum absolute atomic E-state index is 13.5. The van der Waals surface area contributed by atoms with Gasteiger partial charge in [-0.2, -0.15) is 0 Å². The summed E-state index contributed by atoms with van der Waals surface area (Å²) in [5.41, 5.74) is 3.09. The van der Waals surface area contributed by atoms with Crippen molar-refractivity contribution in [2.45, 2.75) is 83.7 Å². The molecular formula is C27H34N4O2. The van der Waals surface area contributed by atoms with Crippen LogP contribution in [0, 0.1) is 12.8 Å². The molecule has 1 atom stereocenters. The topological polar surface area (TPSA) is 66.4 Å². The van der Waals surface area contributed by atoms with Crippen LogP contribution in [0.1, 0.15) is 86.5 Å². The standard InChI is InChI=1S/C27H34N4O2/c1-19-22-15-16-24(32)31(18-20-10-4-2-5-11-20)26(22)29-25(28-19)23-14-8-9-17-30(23)27(33)21-12-6-3-7-13-21/h2,4-5,10-11,21,23H,3,6-9,12-18H2,1H3/t23-/m0/s1. The van der Waals surface area contributed by atoms with Gasteiger partial charge in [-0.05, 0) is 51.0 Å². The van der Waals surface area contributed by atoms with E-state index in [1.165, 1.54) is 6.42 Å². The molecule has 174 valence electrons. The van der Waals surface area contributed by atoms with E-state index >= 15 is 0 Å². The molecule has 1 saturated heterocycles. The van der Waals surface area contributed by atoms with Crippen molar-refractivity contribution in [3.05, 3.63) is 53.0 Å². The summed E-state index contributed by atoms with van der Waals surface area (Å²) in [6, 6.07) is 9.98. The van der Waals surface area contributed by atoms with Crippen molar-refractivity contribution in [3.63, 3.8) is 0 Å². The smallest absolute Gasteiger partial charge is 0.228 e. The molecule has 0 radical (unpaired) electrons. The fourth-order valence-corrected chi connectivity index (χ4v) is 5.73. The molecule has 6 nitrogen and oxygen atoms in total. The molecular weight excluding hydrogens is 412 g/mol. The second-order valence-corrected chi connectivity index (χ2v) is 9.81. The van der Waals surface area contributed by atoms with E-state index in [1.54, 1.807) is 0 Å². The molecule has 0 unspecified atom stereocenters. The van der Waals surface area contributed by atoms with Crippen LogP contribution in [0.25, 0.3) is 0 Å². The number of likely N-dealkylation sites (tertiary alicyclic amines) is 1. The van der Waals surface area contributed by atoms with Gasteiger partial charge < -0.3 is 4.90 Å². The Bertz CT molecular complexity index is 1020. The van der Waals surface area contributed by atoms with Gasteiger partial charge in [0, 0.05) is 30.1 Å². The number of aromatic nitrogens is 2. The Balaban J connectivity index is 1.47. The molecule has 2 aliphatic heterocycles. The average molecular weight is 447 g/mol. The van der Waals surface area contributed by atoms with Gasteiger partial charge in [-0.1, -0.05) is 49.6 Å². The van der Waals surface area contributed by atoms with Crippen LogP contribution in [0.15, 0.2) is 30.3 Å². The first-order valence-corrected chi connectivity index (χ1v) is 12.6. The summed E-state index contributed by atoms with van der Waals surface area (Å²) < 4.78 is 0. The molecule has 2 amide bonds. The summed E-state index contributed by atoms with van der Waals surface area (Å²) in [6.07, 6.45) is 9.73. The van der Waals surface area contributed by atoms with Gasteiger partial charge in [0.25, 0.3) is 0 Å². The molecule has 2 aromatic rings. The summed E-state index contributed by atoms with van der Waals surface area (Å²) in [5.74, 6) is 2.00.